The topological polar surface area (TPSA) is 78.4 Å². The van der Waals surface area contributed by atoms with Gasteiger partial charge in [0.05, 0.1) is 17.9 Å². The predicted octanol–water partition coefficient (Wildman–Crippen LogP) is 3.54. The number of carbonyl (C=O) groups excluding carboxylic acids is 2. The fourth-order valence-electron chi connectivity index (χ4n) is 3.16. The molecule has 1 saturated heterocycles. The van der Waals surface area contributed by atoms with E-state index in [-0.39, 0.29) is 36.6 Å². The van der Waals surface area contributed by atoms with Gasteiger partial charge in [-0.25, -0.2) is 19.2 Å². The lowest BCUT2D eigenvalue weighted by Crippen LogP contribution is -2.42. The van der Waals surface area contributed by atoms with Crippen molar-refractivity contribution in [2.75, 3.05) is 23.3 Å². The minimum Gasteiger partial charge on any atom is -0.310 e. The van der Waals surface area contributed by atoms with Crippen molar-refractivity contribution in [2.24, 2.45) is 5.92 Å². The molecule has 1 atom stereocenters. The van der Waals surface area contributed by atoms with Crippen LogP contribution < -0.4 is 10.2 Å². The molecule has 1 aliphatic rings. The number of pyridine rings is 2. The number of amides is 3. The number of aromatic nitrogens is 2. The Bertz CT molecular complexity index is 933. The molecule has 3 rings (SSSR count). The standard InChI is InChI=1S/C19H19F4N5O2/c1-11(2)14-9-27(13-3-4-15(25-8-13)19(21,22)23)18(30)28(14)10-17(29)26-16-7-12(20)5-6-24-16/h3-8,11,14H,9-10H2,1-2H3,(H,24,26,29)/t14-/m1/s1. The van der Waals surface area contributed by atoms with E-state index in [9.17, 15) is 27.2 Å². The summed E-state index contributed by atoms with van der Waals surface area (Å²) < 4.78 is 51.4. The van der Waals surface area contributed by atoms with Gasteiger partial charge in [0.15, 0.2) is 0 Å². The maximum absolute atomic E-state index is 13.3. The van der Waals surface area contributed by atoms with Gasteiger partial charge in [-0.1, -0.05) is 13.8 Å². The third-order valence-corrected chi connectivity index (χ3v) is 4.67. The van der Waals surface area contributed by atoms with Crippen molar-refractivity contribution in [2.45, 2.75) is 26.1 Å². The SMILES string of the molecule is CC(C)[C@H]1CN(c2ccc(C(F)(F)F)nc2)C(=O)N1CC(=O)Nc1cc(F)ccn1. The summed E-state index contributed by atoms with van der Waals surface area (Å²) in [6.07, 6.45) is -2.40. The molecule has 0 unspecified atom stereocenters. The van der Waals surface area contributed by atoms with Gasteiger partial charge in [0.1, 0.15) is 23.9 Å². The summed E-state index contributed by atoms with van der Waals surface area (Å²) in [5.74, 6) is -1.16. The highest BCUT2D eigenvalue weighted by Gasteiger charge is 2.41. The molecule has 0 radical (unpaired) electrons. The van der Waals surface area contributed by atoms with Gasteiger partial charge in [0.25, 0.3) is 0 Å². The van der Waals surface area contributed by atoms with E-state index in [1.165, 1.54) is 22.1 Å². The maximum Gasteiger partial charge on any atom is 0.433 e. The average Bonchev–Trinajstić information content (AvgIpc) is 2.98. The average molecular weight is 425 g/mol. The fraction of sp³-hybridized carbons (Fsp3) is 0.368. The number of alkyl halides is 3. The van der Waals surface area contributed by atoms with Crippen LogP contribution in [-0.2, 0) is 11.0 Å². The smallest absolute Gasteiger partial charge is 0.310 e. The number of hydrogen-bond acceptors (Lipinski definition) is 4. The summed E-state index contributed by atoms with van der Waals surface area (Å²) in [4.78, 5) is 35.1. The highest BCUT2D eigenvalue weighted by atomic mass is 19.4. The van der Waals surface area contributed by atoms with E-state index >= 15 is 0 Å². The second kappa shape index (κ2) is 8.25. The number of nitrogens with one attached hydrogen (secondary N) is 1. The van der Waals surface area contributed by atoms with Crippen LogP contribution in [0.25, 0.3) is 0 Å². The Morgan fingerprint density at radius 2 is 2.00 bits per heavy atom. The third-order valence-electron chi connectivity index (χ3n) is 4.67. The maximum atomic E-state index is 13.3. The van der Waals surface area contributed by atoms with E-state index in [0.29, 0.717) is 0 Å². The minimum absolute atomic E-state index is 0.0107. The Kier molecular flexibility index (Phi) is 5.90. The molecule has 2 aromatic rings. The van der Waals surface area contributed by atoms with Gasteiger partial charge in [-0.05, 0) is 24.1 Å². The molecule has 0 bridgehead atoms. The fourth-order valence-corrected chi connectivity index (χ4v) is 3.16. The lowest BCUT2D eigenvalue weighted by atomic mass is 10.0. The summed E-state index contributed by atoms with van der Waals surface area (Å²) in [6.45, 7) is 3.61. The van der Waals surface area contributed by atoms with E-state index in [2.05, 4.69) is 15.3 Å². The zero-order valence-corrected chi connectivity index (χ0v) is 16.2. The highest BCUT2D eigenvalue weighted by molar-refractivity contribution is 5.99. The first-order valence-electron chi connectivity index (χ1n) is 9.09. The Hall–Kier alpha value is -3.24. The molecule has 0 aliphatic carbocycles. The van der Waals surface area contributed by atoms with Crippen LogP contribution in [0.2, 0.25) is 0 Å². The number of anilines is 2. The van der Waals surface area contributed by atoms with Crippen molar-refractivity contribution in [3.05, 3.63) is 48.2 Å². The Balaban J connectivity index is 1.75. The molecule has 3 amide bonds. The predicted molar refractivity (Wildman–Crippen MR) is 100 cm³/mol. The summed E-state index contributed by atoms with van der Waals surface area (Å²) in [5.41, 5.74) is -0.856. The summed E-state index contributed by atoms with van der Waals surface area (Å²) >= 11 is 0. The first-order valence-corrected chi connectivity index (χ1v) is 9.09. The van der Waals surface area contributed by atoms with Gasteiger partial charge in [0, 0.05) is 18.8 Å². The second-order valence-corrected chi connectivity index (χ2v) is 7.14. The van der Waals surface area contributed by atoms with Gasteiger partial charge < -0.3 is 10.2 Å². The molecule has 7 nitrogen and oxygen atoms in total. The Morgan fingerprint density at radius 3 is 2.57 bits per heavy atom. The molecule has 2 aromatic heterocycles. The van der Waals surface area contributed by atoms with Crippen LogP contribution in [0.4, 0.5) is 33.9 Å². The van der Waals surface area contributed by atoms with E-state index in [1.807, 2.05) is 13.8 Å². The van der Waals surface area contributed by atoms with Crippen molar-refractivity contribution in [1.29, 1.82) is 0 Å². The van der Waals surface area contributed by atoms with E-state index in [1.54, 1.807) is 0 Å². The van der Waals surface area contributed by atoms with Gasteiger partial charge in [-0.15, -0.1) is 0 Å². The van der Waals surface area contributed by atoms with Crippen LogP contribution in [0.15, 0.2) is 36.7 Å². The first kappa shape index (κ1) is 21.5. The van der Waals surface area contributed by atoms with E-state index in [0.717, 1.165) is 24.4 Å². The van der Waals surface area contributed by atoms with Crippen LogP contribution in [0.3, 0.4) is 0 Å². The molecular weight excluding hydrogens is 406 g/mol. The van der Waals surface area contributed by atoms with Gasteiger partial charge in [0.2, 0.25) is 5.91 Å². The molecule has 30 heavy (non-hydrogen) atoms. The first-order chi connectivity index (χ1) is 14.1. The molecule has 0 spiro atoms. The number of urea groups is 1. The van der Waals surface area contributed by atoms with Crippen LogP contribution >= 0.6 is 0 Å². The van der Waals surface area contributed by atoms with Crippen molar-refractivity contribution >= 4 is 23.4 Å². The number of hydrogen-bond donors (Lipinski definition) is 1. The minimum atomic E-state index is -4.58. The Morgan fingerprint density at radius 1 is 1.27 bits per heavy atom. The largest absolute Gasteiger partial charge is 0.433 e. The highest BCUT2D eigenvalue weighted by Crippen LogP contribution is 2.31. The molecule has 160 valence electrons. The third kappa shape index (κ3) is 4.66. The van der Waals surface area contributed by atoms with E-state index in [4.69, 9.17) is 0 Å². The zero-order chi connectivity index (χ0) is 22.1. The number of rotatable bonds is 5. The normalized spacial score (nSPS) is 17.0. The Labute approximate surface area is 169 Å². The molecule has 0 aromatic carbocycles. The number of nitrogens with zero attached hydrogens (tertiary/aromatic N) is 4. The second-order valence-electron chi connectivity index (χ2n) is 7.14. The zero-order valence-electron chi connectivity index (χ0n) is 16.2. The monoisotopic (exact) mass is 425 g/mol. The summed E-state index contributed by atoms with van der Waals surface area (Å²) in [5, 5.41) is 2.43. The summed E-state index contributed by atoms with van der Waals surface area (Å²) in [7, 11) is 0. The molecule has 3 heterocycles. The van der Waals surface area contributed by atoms with Crippen LogP contribution in [0, 0.1) is 11.7 Å². The van der Waals surface area contributed by atoms with Gasteiger partial charge in [-0.2, -0.15) is 13.2 Å². The van der Waals surface area contributed by atoms with Gasteiger partial charge in [-0.3, -0.25) is 9.69 Å². The van der Waals surface area contributed by atoms with E-state index < -0.39 is 29.6 Å². The van der Waals surface area contributed by atoms with Gasteiger partial charge >= 0.3 is 12.2 Å². The summed E-state index contributed by atoms with van der Waals surface area (Å²) in [6, 6.07) is 3.26. The lowest BCUT2D eigenvalue weighted by Gasteiger charge is -2.25. The molecule has 0 saturated carbocycles. The van der Waals surface area contributed by atoms with Crippen LogP contribution in [-0.4, -0.2) is 45.9 Å². The molecule has 11 heteroatoms. The van der Waals surface area contributed by atoms with Crippen molar-refractivity contribution in [1.82, 2.24) is 14.9 Å². The van der Waals surface area contributed by atoms with Crippen molar-refractivity contribution < 1.29 is 27.2 Å². The van der Waals surface area contributed by atoms with Crippen LogP contribution in [0.1, 0.15) is 19.5 Å². The number of halogens is 4. The number of carbonyl (C=O) groups is 2. The quantitative estimate of drug-likeness (QED) is 0.744. The molecule has 1 N–H and O–H groups in total. The molecule has 1 fully saturated rings. The van der Waals surface area contributed by atoms with Crippen molar-refractivity contribution in [3.8, 4) is 0 Å². The lowest BCUT2D eigenvalue weighted by molar-refractivity contribution is -0.141. The molecular formula is C19H19F4N5O2. The van der Waals surface area contributed by atoms with Crippen LogP contribution in [0.5, 0.6) is 0 Å². The molecule has 1 aliphatic heterocycles. The van der Waals surface area contributed by atoms with Crippen molar-refractivity contribution in [3.63, 3.8) is 0 Å².